The smallest absolute Gasteiger partial charge is 0.337 e. The summed E-state index contributed by atoms with van der Waals surface area (Å²) in [6, 6.07) is 7.40. The van der Waals surface area contributed by atoms with E-state index in [4.69, 9.17) is 0 Å². The number of benzene rings is 1. The summed E-state index contributed by atoms with van der Waals surface area (Å²) in [7, 11) is 1.37. The molecule has 0 saturated heterocycles. The molecule has 0 aliphatic heterocycles. The van der Waals surface area contributed by atoms with Gasteiger partial charge in [-0.15, -0.1) is 0 Å². The Morgan fingerprint density at radius 2 is 2.19 bits per heavy atom. The van der Waals surface area contributed by atoms with Gasteiger partial charge in [-0.05, 0) is 37.0 Å². The lowest BCUT2D eigenvalue weighted by atomic mass is 10.0. The van der Waals surface area contributed by atoms with Crippen molar-refractivity contribution in [3.63, 3.8) is 0 Å². The fourth-order valence-corrected chi connectivity index (χ4v) is 1.53. The Kier molecular flexibility index (Phi) is 5.26. The van der Waals surface area contributed by atoms with Crippen LogP contribution in [0.25, 0.3) is 0 Å². The number of esters is 1. The minimum absolute atomic E-state index is 0.310. The second kappa shape index (κ2) is 6.77. The van der Waals surface area contributed by atoms with Gasteiger partial charge in [-0.1, -0.05) is 12.1 Å². The average Bonchev–Trinajstić information content (AvgIpc) is 2.34. The Morgan fingerprint density at radius 1 is 1.38 bits per heavy atom. The third kappa shape index (κ3) is 3.85. The third-order valence-corrected chi connectivity index (χ3v) is 2.39. The normalized spacial score (nSPS) is 9.81. The largest absolute Gasteiger partial charge is 0.465 e. The Labute approximate surface area is 95.4 Å². The van der Waals surface area contributed by atoms with E-state index in [1.165, 1.54) is 7.11 Å². The Hall–Kier alpha value is -1.64. The molecule has 1 aromatic rings. The first kappa shape index (κ1) is 12.4. The molecule has 0 atom stereocenters. The quantitative estimate of drug-likeness (QED) is 0.420. The number of carbonyl (C=O) groups is 2. The van der Waals surface area contributed by atoms with Crippen LogP contribution in [0.4, 0.5) is 0 Å². The van der Waals surface area contributed by atoms with Crippen molar-refractivity contribution in [2.75, 3.05) is 7.11 Å². The van der Waals surface area contributed by atoms with Crippen LogP contribution in [0.15, 0.2) is 24.3 Å². The molecular formula is C13H16O3. The Bertz CT molecular complexity index is 358. The lowest BCUT2D eigenvalue weighted by molar-refractivity contribution is -0.107. The molecule has 0 unspecified atom stereocenters. The molecule has 3 heteroatoms. The molecule has 0 spiro atoms. The zero-order valence-corrected chi connectivity index (χ0v) is 9.44. The first-order valence-electron chi connectivity index (χ1n) is 5.39. The third-order valence-electron chi connectivity index (χ3n) is 2.39. The van der Waals surface area contributed by atoms with E-state index in [2.05, 4.69) is 4.74 Å². The van der Waals surface area contributed by atoms with Gasteiger partial charge in [0.1, 0.15) is 6.29 Å². The molecule has 0 aromatic heterocycles. The van der Waals surface area contributed by atoms with Crippen molar-refractivity contribution in [1.29, 1.82) is 0 Å². The highest BCUT2D eigenvalue weighted by Gasteiger charge is 2.04. The van der Waals surface area contributed by atoms with Crippen molar-refractivity contribution in [2.24, 2.45) is 0 Å². The van der Waals surface area contributed by atoms with Crippen molar-refractivity contribution in [3.05, 3.63) is 35.4 Å². The summed E-state index contributed by atoms with van der Waals surface area (Å²) in [6.07, 6.45) is 4.29. The summed E-state index contributed by atoms with van der Waals surface area (Å²) >= 11 is 0. The van der Waals surface area contributed by atoms with Crippen LogP contribution in [0.5, 0.6) is 0 Å². The van der Waals surface area contributed by atoms with E-state index in [0.717, 1.165) is 31.1 Å². The maximum atomic E-state index is 11.3. The summed E-state index contributed by atoms with van der Waals surface area (Å²) in [6.45, 7) is 0. The number of carbonyl (C=O) groups excluding carboxylic acids is 2. The van der Waals surface area contributed by atoms with Crippen molar-refractivity contribution in [3.8, 4) is 0 Å². The van der Waals surface area contributed by atoms with Crippen molar-refractivity contribution >= 4 is 12.3 Å². The highest BCUT2D eigenvalue weighted by molar-refractivity contribution is 5.89. The first-order valence-corrected chi connectivity index (χ1v) is 5.39. The van der Waals surface area contributed by atoms with Crippen LogP contribution < -0.4 is 0 Å². The SMILES string of the molecule is COC(=O)c1cccc(CCCCC=O)c1. The van der Waals surface area contributed by atoms with E-state index in [0.29, 0.717) is 12.0 Å². The van der Waals surface area contributed by atoms with Gasteiger partial charge in [-0.3, -0.25) is 0 Å². The number of hydrogen-bond donors (Lipinski definition) is 0. The number of aldehydes is 1. The van der Waals surface area contributed by atoms with Gasteiger partial charge < -0.3 is 9.53 Å². The molecule has 0 N–H and O–H groups in total. The van der Waals surface area contributed by atoms with Gasteiger partial charge in [0, 0.05) is 6.42 Å². The first-order chi connectivity index (χ1) is 7.77. The van der Waals surface area contributed by atoms with Crippen LogP contribution in [-0.2, 0) is 16.0 Å². The van der Waals surface area contributed by atoms with Crippen LogP contribution in [0.3, 0.4) is 0 Å². The van der Waals surface area contributed by atoms with Gasteiger partial charge >= 0.3 is 5.97 Å². The minimum Gasteiger partial charge on any atom is -0.465 e. The highest BCUT2D eigenvalue weighted by Crippen LogP contribution is 2.10. The van der Waals surface area contributed by atoms with E-state index in [1.54, 1.807) is 6.07 Å². The highest BCUT2D eigenvalue weighted by atomic mass is 16.5. The van der Waals surface area contributed by atoms with Gasteiger partial charge in [0.2, 0.25) is 0 Å². The molecule has 1 aromatic carbocycles. The molecule has 0 fully saturated rings. The van der Waals surface area contributed by atoms with Crippen molar-refractivity contribution in [2.45, 2.75) is 25.7 Å². The zero-order valence-electron chi connectivity index (χ0n) is 9.44. The number of methoxy groups -OCH3 is 1. The number of ether oxygens (including phenoxy) is 1. The summed E-state index contributed by atoms with van der Waals surface area (Å²) in [5, 5.41) is 0. The fraction of sp³-hybridized carbons (Fsp3) is 0.385. The number of hydrogen-bond acceptors (Lipinski definition) is 3. The molecule has 0 saturated carbocycles. The summed E-state index contributed by atoms with van der Waals surface area (Å²) < 4.78 is 4.65. The van der Waals surface area contributed by atoms with Gasteiger partial charge in [0.05, 0.1) is 12.7 Å². The molecule has 0 bridgehead atoms. The minimum atomic E-state index is -0.310. The van der Waals surface area contributed by atoms with E-state index in [-0.39, 0.29) is 5.97 Å². The second-order valence-electron chi connectivity index (χ2n) is 3.60. The maximum absolute atomic E-state index is 11.3. The summed E-state index contributed by atoms with van der Waals surface area (Å²) in [4.78, 5) is 21.4. The topological polar surface area (TPSA) is 43.4 Å². The monoisotopic (exact) mass is 220 g/mol. The molecule has 16 heavy (non-hydrogen) atoms. The van der Waals surface area contributed by atoms with Gasteiger partial charge in [-0.2, -0.15) is 0 Å². The molecule has 0 amide bonds. The van der Waals surface area contributed by atoms with Crippen LogP contribution in [0.2, 0.25) is 0 Å². The molecule has 0 heterocycles. The maximum Gasteiger partial charge on any atom is 0.337 e. The zero-order chi connectivity index (χ0) is 11.8. The molecule has 0 radical (unpaired) electrons. The molecule has 3 nitrogen and oxygen atoms in total. The average molecular weight is 220 g/mol. The predicted octanol–water partition coefficient (Wildman–Crippen LogP) is 2.38. The number of aryl methyl sites for hydroxylation is 1. The summed E-state index contributed by atoms with van der Waals surface area (Å²) in [5.41, 5.74) is 1.68. The van der Waals surface area contributed by atoms with Gasteiger partial charge in [0.15, 0.2) is 0 Å². The second-order valence-corrected chi connectivity index (χ2v) is 3.60. The molecule has 0 aliphatic rings. The Morgan fingerprint density at radius 3 is 2.88 bits per heavy atom. The van der Waals surface area contributed by atoms with Crippen LogP contribution >= 0.6 is 0 Å². The number of rotatable bonds is 6. The van der Waals surface area contributed by atoms with E-state index < -0.39 is 0 Å². The fourth-order valence-electron chi connectivity index (χ4n) is 1.53. The Balaban J connectivity index is 2.53. The van der Waals surface area contributed by atoms with Gasteiger partial charge in [-0.25, -0.2) is 4.79 Å². The van der Waals surface area contributed by atoms with Crippen LogP contribution in [0.1, 0.15) is 35.2 Å². The van der Waals surface area contributed by atoms with Crippen molar-refractivity contribution < 1.29 is 14.3 Å². The van der Waals surface area contributed by atoms with E-state index in [9.17, 15) is 9.59 Å². The van der Waals surface area contributed by atoms with Gasteiger partial charge in [0.25, 0.3) is 0 Å². The number of unbranched alkanes of at least 4 members (excludes halogenated alkanes) is 2. The van der Waals surface area contributed by atoms with E-state index >= 15 is 0 Å². The lowest BCUT2D eigenvalue weighted by Crippen LogP contribution is -2.01. The molecule has 86 valence electrons. The standard InChI is InChI=1S/C13H16O3/c1-16-13(15)12-8-5-7-11(10-12)6-3-2-4-9-14/h5,7-10H,2-4,6H2,1H3. The molecule has 0 aliphatic carbocycles. The molecule has 1 rings (SSSR count). The lowest BCUT2D eigenvalue weighted by Gasteiger charge is -2.03. The van der Waals surface area contributed by atoms with Crippen LogP contribution in [0, 0.1) is 0 Å². The van der Waals surface area contributed by atoms with Crippen molar-refractivity contribution in [1.82, 2.24) is 0 Å². The predicted molar refractivity (Wildman–Crippen MR) is 61.4 cm³/mol. The molecular weight excluding hydrogens is 204 g/mol. The summed E-state index contributed by atoms with van der Waals surface area (Å²) in [5.74, 6) is -0.310. The van der Waals surface area contributed by atoms with Crippen LogP contribution in [-0.4, -0.2) is 19.4 Å². The van der Waals surface area contributed by atoms with E-state index in [1.807, 2.05) is 18.2 Å².